The van der Waals surface area contributed by atoms with E-state index in [0.29, 0.717) is 17.0 Å². The fourth-order valence-corrected chi connectivity index (χ4v) is 2.64. The first-order chi connectivity index (χ1) is 10.9. The monoisotopic (exact) mass is 352 g/mol. The lowest BCUT2D eigenvalue weighted by molar-refractivity contribution is -0.117. The second kappa shape index (κ2) is 7.35. The van der Waals surface area contributed by atoms with Gasteiger partial charge in [0.05, 0.1) is 23.6 Å². The molecule has 2 rings (SSSR count). The molecule has 2 aromatic rings. The van der Waals surface area contributed by atoms with Crippen molar-refractivity contribution in [3.63, 3.8) is 0 Å². The minimum atomic E-state index is -0.413. The fraction of sp³-hybridized carbons (Fsp3) is 0.125. The highest BCUT2D eigenvalue weighted by atomic mass is 35.5. The van der Waals surface area contributed by atoms with Gasteiger partial charge in [0, 0.05) is 11.3 Å². The molecular weight excluding hydrogens is 339 g/mol. The number of rotatable bonds is 5. The largest absolute Gasteiger partial charge is 0.494 e. The van der Waals surface area contributed by atoms with E-state index >= 15 is 0 Å². The molecule has 0 aromatic heterocycles. The summed E-state index contributed by atoms with van der Waals surface area (Å²) in [6.45, 7) is 0. The number of carbonyl (C=O) groups is 2. The van der Waals surface area contributed by atoms with E-state index < -0.39 is 5.91 Å². The van der Waals surface area contributed by atoms with Gasteiger partial charge in [-0.25, -0.2) is 0 Å². The van der Waals surface area contributed by atoms with E-state index in [-0.39, 0.29) is 22.4 Å². The Balaban J connectivity index is 2.14. The Bertz CT molecular complexity index is 722. The van der Waals surface area contributed by atoms with E-state index in [4.69, 9.17) is 33.7 Å². The standard InChI is InChI=1S/C16H14Cl2N2O3/c1-23-15-12(17)7-10(8-13(15)18)16(22)20-11-4-2-9(3-5-11)6-14(19)21/h2-5,7-8H,6H2,1H3,(H2,19,21)(H,20,22). The maximum Gasteiger partial charge on any atom is 0.255 e. The lowest BCUT2D eigenvalue weighted by Gasteiger charge is -2.10. The molecule has 3 N–H and O–H groups in total. The minimum Gasteiger partial charge on any atom is -0.494 e. The molecule has 0 saturated heterocycles. The number of anilines is 1. The maximum absolute atomic E-state index is 12.2. The van der Waals surface area contributed by atoms with Gasteiger partial charge in [0.2, 0.25) is 5.91 Å². The number of amides is 2. The van der Waals surface area contributed by atoms with E-state index in [1.165, 1.54) is 19.2 Å². The second-order valence-electron chi connectivity index (χ2n) is 4.77. The second-order valence-corrected chi connectivity index (χ2v) is 5.58. The van der Waals surface area contributed by atoms with Crippen LogP contribution < -0.4 is 15.8 Å². The maximum atomic E-state index is 12.2. The fourth-order valence-electron chi connectivity index (χ4n) is 2.00. The molecule has 0 aliphatic carbocycles. The van der Waals surface area contributed by atoms with Crippen LogP contribution in [0.25, 0.3) is 0 Å². The third-order valence-electron chi connectivity index (χ3n) is 3.05. The first kappa shape index (κ1) is 17.1. The van der Waals surface area contributed by atoms with Crippen LogP contribution >= 0.6 is 23.2 Å². The third-order valence-corrected chi connectivity index (χ3v) is 3.62. The lowest BCUT2D eigenvalue weighted by Crippen LogP contribution is -2.14. The van der Waals surface area contributed by atoms with Gasteiger partial charge in [-0.05, 0) is 29.8 Å². The van der Waals surface area contributed by atoms with Crippen molar-refractivity contribution < 1.29 is 14.3 Å². The van der Waals surface area contributed by atoms with Crippen LogP contribution in [0.4, 0.5) is 5.69 Å². The van der Waals surface area contributed by atoms with Gasteiger partial charge in [0.15, 0.2) is 5.75 Å². The van der Waals surface area contributed by atoms with Gasteiger partial charge in [-0.3, -0.25) is 9.59 Å². The number of ether oxygens (including phenoxy) is 1. The van der Waals surface area contributed by atoms with E-state index in [1.807, 2.05) is 0 Å². The van der Waals surface area contributed by atoms with Crippen LogP contribution in [-0.2, 0) is 11.2 Å². The molecule has 5 nitrogen and oxygen atoms in total. The van der Waals surface area contributed by atoms with Gasteiger partial charge in [-0.15, -0.1) is 0 Å². The lowest BCUT2D eigenvalue weighted by atomic mass is 10.1. The highest BCUT2D eigenvalue weighted by Gasteiger charge is 2.13. The third kappa shape index (κ3) is 4.37. The van der Waals surface area contributed by atoms with Crippen LogP contribution in [0.3, 0.4) is 0 Å². The number of methoxy groups -OCH3 is 1. The quantitative estimate of drug-likeness (QED) is 0.866. The molecule has 23 heavy (non-hydrogen) atoms. The number of carbonyl (C=O) groups excluding carboxylic acids is 2. The zero-order valence-electron chi connectivity index (χ0n) is 12.2. The molecule has 0 spiro atoms. The zero-order chi connectivity index (χ0) is 17.0. The normalized spacial score (nSPS) is 10.2. The van der Waals surface area contributed by atoms with Crippen molar-refractivity contribution in [1.82, 2.24) is 0 Å². The molecular formula is C16H14Cl2N2O3. The summed E-state index contributed by atoms with van der Waals surface area (Å²) in [5.74, 6) is -0.455. The molecule has 0 bridgehead atoms. The highest BCUT2D eigenvalue weighted by molar-refractivity contribution is 6.37. The average Bonchev–Trinajstić information content (AvgIpc) is 2.48. The molecule has 7 heteroatoms. The van der Waals surface area contributed by atoms with Crippen molar-refractivity contribution in [2.24, 2.45) is 5.73 Å². The van der Waals surface area contributed by atoms with Crippen LogP contribution in [0.5, 0.6) is 5.75 Å². The molecule has 0 radical (unpaired) electrons. The number of nitrogens with two attached hydrogens (primary N) is 1. The number of nitrogens with one attached hydrogen (secondary N) is 1. The van der Waals surface area contributed by atoms with Crippen LogP contribution in [-0.4, -0.2) is 18.9 Å². The average molecular weight is 353 g/mol. The van der Waals surface area contributed by atoms with Crippen LogP contribution in [0.2, 0.25) is 10.0 Å². The van der Waals surface area contributed by atoms with Crippen molar-refractivity contribution >= 4 is 40.7 Å². The molecule has 0 atom stereocenters. The molecule has 0 heterocycles. The highest BCUT2D eigenvalue weighted by Crippen LogP contribution is 2.34. The number of hydrogen-bond donors (Lipinski definition) is 2. The van der Waals surface area contributed by atoms with Gasteiger partial charge < -0.3 is 15.8 Å². The molecule has 120 valence electrons. The first-order valence-corrected chi connectivity index (χ1v) is 7.38. The summed E-state index contributed by atoms with van der Waals surface area (Å²) < 4.78 is 5.04. The summed E-state index contributed by atoms with van der Waals surface area (Å²) >= 11 is 12.0. The molecule has 2 amide bonds. The number of hydrogen-bond acceptors (Lipinski definition) is 3. The summed E-state index contributed by atoms with van der Waals surface area (Å²) in [6.07, 6.45) is 0.151. The Hall–Kier alpha value is -2.24. The van der Waals surface area contributed by atoms with Crippen molar-refractivity contribution in [3.05, 3.63) is 57.6 Å². The molecule has 0 unspecified atom stereocenters. The van der Waals surface area contributed by atoms with Gasteiger partial charge in [0.1, 0.15) is 0 Å². The molecule has 2 aromatic carbocycles. The Morgan fingerprint density at radius 3 is 2.17 bits per heavy atom. The van der Waals surface area contributed by atoms with Crippen molar-refractivity contribution in [1.29, 1.82) is 0 Å². The Labute approximate surface area is 143 Å². The predicted molar refractivity (Wildman–Crippen MR) is 90.3 cm³/mol. The van der Waals surface area contributed by atoms with Gasteiger partial charge in [-0.1, -0.05) is 35.3 Å². The first-order valence-electron chi connectivity index (χ1n) is 6.62. The molecule has 0 aliphatic rings. The van der Waals surface area contributed by atoms with Gasteiger partial charge in [-0.2, -0.15) is 0 Å². The van der Waals surface area contributed by atoms with E-state index in [9.17, 15) is 9.59 Å². The smallest absolute Gasteiger partial charge is 0.255 e. The van der Waals surface area contributed by atoms with E-state index in [0.717, 1.165) is 5.56 Å². The molecule has 0 fully saturated rings. The Morgan fingerprint density at radius 1 is 1.13 bits per heavy atom. The summed E-state index contributed by atoms with van der Waals surface area (Å²) in [6, 6.07) is 9.75. The Morgan fingerprint density at radius 2 is 1.70 bits per heavy atom. The SMILES string of the molecule is COc1c(Cl)cc(C(=O)Nc2ccc(CC(N)=O)cc2)cc1Cl. The molecule has 0 saturated carbocycles. The summed E-state index contributed by atoms with van der Waals surface area (Å²) in [7, 11) is 1.44. The Kier molecular flexibility index (Phi) is 5.47. The van der Waals surface area contributed by atoms with Crippen LogP contribution in [0.15, 0.2) is 36.4 Å². The van der Waals surface area contributed by atoms with E-state index in [1.54, 1.807) is 24.3 Å². The van der Waals surface area contributed by atoms with Crippen molar-refractivity contribution in [2.45, 2.75) is 6.42 Å². The van der Waals surface area contributed by atoms with Crippen LogP contribution in [0, 0.1) is 0 Å². The summed E-state index contributed by atoms with van der Waals surface area (Å²) in [5.41, 5.74) is 6.78. The van der Waals surface area contributed by atoms with Gasteiger partial charge >= 0.3 is 0 Å². The zero-order valence-corrected chi connectivity index (χ0v) is 13.7. The summed E-state index contributed by atoms with van der Waals surface area (Å²) in [5, 5.41) is 3.22. The molecule has 0 aliphatic heterocycles. The summed E-state index contributed by atoms with van der Waals surface area (Å²) in [4.78, 5) is 23.1. The topological polar surface area (TPSA) is 81.4 Å². The minimum absolute atomic E-state index is 0.151. The van der Waals surface area contributed by atoms with Crippen molar-refractivity contribution in [2.75, 3.05) is 12.4 Å². The number of benzene rings is 2. The van der Waals surface area contributed by atoms with Crippen LogP contribution in [0.1, 0.15) is 15.9 Å². The number of halogens is 2. The van der Waals surface area contributed by atoms with E-state index in [2.05, 4.69) is 5.32 Å². The number of primary amides is 1. The van der Waals surface area contributed by atoms with Gasteiger partial charge in [0.25, 0.3) is 5.91 Å². The predicted octanol–water partition coefficient (Wildman–Crippen LogP) is 3.28. The van der Waals surface area contributed by atoms with Crippen molar-refractivity contribution in [3.8, 4) is 5.75 Å².